The summed E-state index contributed by atoms with van der Waals surface area (Å²) in [6.07, 6.45) is 2.01. The SMILES string of the molecule is CCCCOc1cccc(C(=O)Nc2ccc(C(=O)O)cc2)c1. The Kier molecular flexibility index (Phi) is 5.74. The summed E-state index contributed by atoms with van der Waals surface area (Å²) >= 11 is 0. The Morgan fingerprint density at radius 3 is 2.48 bits per heavy atom. The van der Waals surface area contributed by atoms with Crippen LogP contribution in [0, 0.1) is 0 Å². The van der Waals surface area contributed by atoms with E-state index in [-0.39, 0.29) is 11.5 Å². The second-order valence-electron chi connectivity index (χ2n) is 5.07. The number of ether oxygens (including phenoxy) is 1. The van der Waals surface area contributed by atoms with Crippen LogP contribution in [-0.2, 0) is 0 Å². The van der Waals surface area contributed by atoms with E-state index in [1.165, 1.54) is 12.1 Å². The van der Waals surface area contributed by atoms with Gasteiger partial charge in [0.2, 0.25) is 0 Å². The largest absolute Gasteiger partial charge is 0.494 e. The molecule has 0 saturated carbocycles. The van der Waals surface area contributed by atoms with Gasteiger partial charge in [-0.15, -0.1) is 0 Å². The van der Waals surface area contributed by atoms with Gasteiger partial charge < -0.3 is 15.2 Å². The van der Waals surface area contributed by atoms with Crippen molar-refractivity contribution in [1.82, 2.24) is 0 Å². The molecule has 1 amide bonds. The number of rotatable bonds is 7. The number of carbonyl (C=O) groups excluding carboxylic acids is 1. The van der Waals surface area contributed by atoms with Crippen molar-refractivity contribution in [3.8, 4) is 5.75 Å². The maximum Gasteiger partial charge on any atom is 0.335 e. The van der Waals surface area contributed by atoms with Gasteiger partial charge in [0.25, 0.3) is 5.91 Å². The fourth-order valence-corrected chi connectivity index (χ4v) is 1.96. The van der Waals surface area contributed by atoms with Gasteiger partial charge in [0.05, 0.1) is 12.2 Å². The fraction of sp³-hybridized carbons (Fsp3) is 0.222. The maximum atomic E-state index is 12.2. The minimum Gasteiger partial charge on any atom is -0.494 e. The van der Waals surface area contributed by atoms with Gasteiger partial charge in [-0.3, -0.25) is 4.79 Å². The predicted octanol–water partition coefficient (Wildman–Crippen LogP) is 3.82. The molecule has 2 aromatic rings. The molecular weight excluding hydrogens is 294 g/mol. The number of hydrogen-bond acceptors (Lipinski definition) is 3. The van der Waals surface area contributed by atoms with Crippen molar-refractivity contribution in [1.29, 1.82) is 0 Å². The maximum absolute atomic E-state index is 12.2. The molecule has 0 aromatic heterocycles. The summed E-state index contributed by atoms with van der Waals surface area (Å²) in [6, 6.07) is 13.0. The normalized spacial score (nSPS) is 10.1. The lowest BCUT2D eigenvalue weighted by atomic mass is 10.1. The highest BCUT2D eigenvalue weighted by molar-refractivity contribution is 6.04. The Balaban J connectivity index is 2.02. The zero-order valence-electron chi connectivity index (χ0n) is 12.9. The molecule has 23 heavy (non-hydrogen) atoms. The summed E-state index contributed by atoms with van der Waals surface area (Å²) in [5, 5.41) is 11.6. The Morgan fingerprint density at radius 2 is 1.83 bits per heavy atom. The minimum atomic E-state index is -1.00. The number of aromatic carboxylic acids is 1. The molecule has 2 rings (SSSR count). The summed E-state index contributed by atoms with van der Waals surface area (Å²) in [4.78, 5) is 23.0. The summed E-state index contributed by atoms with van der Waals surface area (Å²) < 4.78 is 5.58. The first-order chi connectivity index (χ1) is 11.1. The van der Waals surface area contributed by atoms with Crippen molar-refractivity contribution in [2.75, 3.05) is 11.9 Å². The number of unbranched alkanes of at least 4 members (excludes halogenated alkanes) is 1. The lowest BCUT2D eigenvalue weighted by Crippen LogP contribution is -2.12. The molecule has 0 aliphatic rings. The monoisotopic (exact) mass is 313 g/mol. The summed E-state index contributed by atoms with van der Waals surface area (Å²) in [7, 11) is 0. The molecule has 0 spiro atoms. The first-order valence-corrected chi connectivity index (χ1v) is 7.47. The number of anilines is 1. The number of carboxylic acid groups (broad SMARTS) is 1. The van der Waals surface area contributed by atoms with E-state index in [1.807, 2.05) is 6.07 Å². The summed E-state index contributed by atoms with van der Waals surface area (Å²) in [5.41, 5.74) is 1.20. The quantitative estimate of drug-likeness (QED) is 0.762. The van der Waals surface area contributed by atoms with Crippen molar-refractivity contribution < 1.29 is 19.4 Å². The van der Waals surface area contributed by atoms with Crippen molar-refractivity contribution in [2.45, 2.75) is 19.8 Å². The second kappa shape index (κ2) is 7.98. The number of amides is 1. The smallest absolute Gasteiger partial charge is 0.335 e. The van der Waals surface area contributed by atoms with Gasteiger partial charge in [0, 0.05) is 11.3 Å². The molecule has 0 aliphatic carbocycles. The minimum absolute atomic E-state index is 0.175. The average molecular weight is 313 g/mol. The standard InChI is InChI=1S/C18H19NO4/c1-2-3-11-23-16-6-4-5-14(12-16)17(20)19-15-9-7-13(8-10-15)18(21)22/h4-10,12H,2-3,11H2,1H3,(H,19,20)(H,21,22). The van der Waals surface area contributed by atoms with Crippen LogP contribution in [0.15, 0.2) is 48.5 Å². The number of benzene rings is 2. The van der Waals surface area contributed by atoms with E-state index in [1.54, 1.807) is 30.3 Å². The van der Waals surface area contributed by atoms with Crippen molar-refractivity contribution >= 4 is 17.6 Å². The van der Waals surface area contributed by atoms with Crippen LogP contribution in [0.4, 0.5) is 5.69 Å². The summed E-state index contributed by atoms with van der Waals surface area (Å²) in [6.45, 7) is 2.71. The number of carboxylic acids is 1. The molecule has 5 nitrogen and oxygen atoms in total. The first kappa shape index (κ1) is 16.5. The number of hydrogen-bond donors (Lipinski definition) is 2. The third kappa shape index (κ3) is 4.85. The van der Waals surface area contributed by atoms with E-state index in [2.05, 4.69) is 12.2 Å². The molecule has 2 N–H and O–H groups in total. The van der Waals surface area contributed by atoms with Crippen LogP contribution < -0.4 is 10.1 Å². The van der Waals surface area contributed by atoms with Gasteiger partial charge in [-0.2, -0.15) is 0 Å². The average Bonchev–Trinajstić information content (AvgIpc) is 2.56. The molecule has 0 unspecified atom stereocenters. The van der Waals surface area contributed by atoms with Crippen molar-refractivity contribution in [3.63, 3.8) is 0 Å². The zero-order chi connectivity index (χ0) is 16.7. The van der Waals surface area contributed by atoms with Crippen LogP contribution in [0.1, 0.15) is 40.5 Å². The number of carbonyl (C=O) groups is 2. The molecule has 0 radical (unpaired) electrons. The molecule has 120 valence electrons. The predicted molar refractivity (Wildman–Crippen MR) is 88.2 cm³/mol. The van der Waals surface area contributed by atoms with Gasteiger partial charge in [-0.05, 0) is 48.9 Å². The highest BCUT2D eigenvalue weighted by Crippen LogP contribution is 2.16. The molecular formula is C18H19NO4. The van der Waals surface area contributed by atoms with E-state index in [4.69, 9.17) is 9.84 Å². The molecule has 0 fully saturated rings. The highest BCUT2D eigenvalue weighted by atomic mass is 16.5. The molecule has 0 atom stereocenters. The van der Waals surface area contributed by atoms with E-state index >= 15 is 0 Å². The lowest BCUT2D eigenvalue weighted by molar-refractivity contribution is 0.0696. The molecule has 0 bridgehead atoms. The van der Waals surface area contributed by atoms with Gasteiger partial charge in [-0.1, -0.05) is 19.4 Å². The zero-order valence-corrected chi connectivity index (χ0v) is 12.9. The summed E-state index contributed by atoms with van der Waals surface area (Å²) in [5.74, 6) is -0.610. The first-order valence-electron chi connectivity index (χ1n) is 7.47. The molecule has 0 heterocycles. The van der Waals surface area contributed by atoms with E-state index in [9.17, 15) is 9.59 Å². The van der Waals surface area contributed by atoms with E-state index in [0.717, 1.165) is 12.8 Å². The lowest BCUT2D eigenvalue weighted by Gasteiger charge is -2.08. The number of nitrogens with one attached hydrogen (secondary N) is 1. The van der Waals surface area contributed by atoms with Crippen LogP contribution in [0.5, 0.6) is 5.75 Å². The molecule has 5 heteroatoms. The third-order valence-electron chi connectivity index (χ3n) is 3.25. The Labute approximate surface area is 134 Å². The van der Waals surface area contributed by atoms with E-state index < -0.39 is 5.97 Å². The Morgan fingerprint density at radius 1 is 1.09 bits per heavy atom. The van der Waals surface area contributed by atoms with Gasteiger partial charge >= 0.3 is 5.97 Å². The van der Waals surface area contributed by atoms with Crippen LogP contribution in [-0.4, -0.2) is 23.6 Å². The third-order valence-corrected chi connectivity index (χ3v) is 3.25. The topological polar surface area (TPSA) is 75.6 Å². The molecule has 2 aromatic carbocycles. The van der Waals surface area contributed by atoms with Gasteiger partial charge in [0.15, 0.2) is 0 Å². The molecule has 0 saturated heterocycles. The van der Waals surface area contributed by atoms with Gasteiger partial charge in [0.1, 0.15) is 5.75 Å². The Hall–Kier alpha value is -2.82. The Bertz CT molecular complexity index is 680. The van der Waals surface area contributed by atoms with Crippen molar-refractivity contribution in [3.05, 3.63) is 59.7 Å². The fourth-order valence-electron chi connectivity index (χ4n) is 1.96. The van der Waals surface area contributed by atoms with Crippen LogP contribution in [0.25, 0.3) is 0 Å². The second-order valence-corrected chi connectivity index (χ2v) is 5.07. The van der Waals surface area contributed by atoms with Gasteiger partial charge in [-0.25, -0.2) is 4.79 Å². The molecule has 0 aliphatic heterocycles. The highest BCUT2D eigenvalue weighted by Gasteiger charge is 2.08. The van der Waals surface area contributed by atoms with Crippen LogP contribution in [0.2, 0.25) is 0 Å². The van der Waals surface area contributed by atoms with E-state index in [0.29, 0.717) is 23.6 Å². The van der Waals surface area contributed by atoms with Crippen LogP contribution >= 0.6 is 0 Å². The van der Waals surface area contributed by atoms with Crippen molar-refractivity contribution in [2.24, 2.45) is 0 Å². The van der Waals surface area contributed by atoms with Crippen LogP contribution in [0.3, 0.4) is 0 Å².